The maximum Gasteiger partial charge on any atom is 0.331 e. The molecule has 1 saturated heterocycles. The van der Waals surface area contributed by atoms with E-state index in [1.807, 2.05) is 0 Å². The van der Waals surface area contributed by atoms with Crippen molar-refractivity contribution in [3.05, 3.63) is 51.6 Å². The smallest absolute Gasteiger partial charge is 0.331 e. The molecule has 1 aliphatic heterocycles. The summed E-state index contributed by atoms with van der Waals surface area (Å²) in [5.74, 6) is 0.458. The summed E-state index contributed by atoms with van der Waals surface area (Å²) in [7, 11) is 1.39. The number of nitrogens with zero attached hydrogens (tertiary/aromatic N) is 5. The van der Waals surface area contributed by atoms with E-state index in [0.717, 1.165) is 30.5 Å². The van der Waals surface area contributed by atoms with E-state index in [4.69, 9.17) is 0 Å². The molecule has 3 rings (SSSR count). The van der Waals surface area contributed by atoms with Gasteiger partial charge in [0.25, 0.3) is 5.56 Å². The summed E-state index contributed by atoms with van der Waals surface area (Å²) in [6.45, 7) is 1.42. The Kier molecular flexibility index (Phi) is 4.92. The Morgan fingerprint density at radius 2 is 1.92 bits per heavy atom. The molecular formula is C16H20N6O3. The van der Waals surface area contributed by atoms with Gasteiger partial charge < -0.3 is 10.2 Å². The topological polar surface area (TPSA) is 102 Å². The number of piperidine rings is 1. The van der Waals surface area contributed by atoms with E-state index in [0.29, 0.717) is 5.95 Å². The molecule has 2 aromatic rings. The molecule has 25 heavy (non-hydrogen) atoms. The standard InChI is InChI=1S/C16H20N6O3/c1-20-14(24)5-10-22(16(20)25)11-13(23)19-12-3-8-21(9-4-12)15-17-6-2-7-18-15/h2,5-7,10,12H,3-4,8-9,11H2,1H3,(H,19,23). The molecule has 0 bridgehead atoms. The molecule has 0 atom stereocenters. The second kappa shape index (κ2) is 7.29. The number of carbonyl (C=O) groups excluding carboxylic acids is 1. The van der Waals surface area contributed by atoms with Gasteiger partial charge in [-0.05, 0) is 18.9 Å². The normalized spacial score (nSPS) is 15.2. The molecular weight excluding hydrogens is 324 g/mol. The third kappa shape index (κ3) is 3.93. The number of hydrogen-bond acceptors (Lipinski definition) is 6. The summed E-state index contributed by atoms with van der Waals surface area (Å²) in [6, 6.07) is 3.10. The molecule has 0 aliphatic carbocycles. The first-order valence-corrected chi connectivity index (χ1v) is 8.12. The molecule has 132 valence electrons. The summed E-state index contributed by atoms with van der Waals surface area (Å²) in [6.07, 6.45) is 6.33. The average molecular weight is 344 g/mol. The number of hydrogen-bond donors (Lipinski definition) is 1. The number of amides is 1. The van der Waals surface area contributed by atoms with Crippen LogP contribution in [-0.4, -0.2) is 44.1 Å². The molecule has 0 unspecified atom stereocenters. The highest BCUT2D eigenvalue weighted by molar-refractivity contribution is 5.76. The number of nitrogens with one attached hydrogen (secondary N) is 1. The van der Waals surface area contributed by atoms with Crippen molar-refractivity contribution in [3.8, 4) is 0 Å². The summed E-state index contributed by atoms with van der Waals surface area (Å²) < 4.78 is 2.20. The van der Waals surface area contributed by atoms with E-state index in [9.17, 15) is 14.4 Å². The molecule has 0 radical (unpaired) electrons. The molecule has 9 nitrogen and oxygen atoms in total. The summed E-state index contributed by atoms with van der Waals surface area (Å²) >= 11 is 0. The SMILES string of the molecule is Cn1c(=O)ccn(CC(=O)NC2CCN(c3ncccn3)CC2)c1=O. The van der Waals surface area contributed by atoms with Crippen molar-refractivity contribution in [1.29, 1.82) is 0 Å². The van der Waals surface area contributed by atoms with Crippen molar-refractivity contribution in [3.63, 3.8) is 0 Å². The lowest BCUT2D eigenvalue weighted by atomic mass is 10.1. The average Bonchev–Trinajstić information content (AvgIpc) is 2.63. The Balaban J connectivity index is 1.54. The number of aromatic nitrogens is 4. The summed E-state index contributed by atoms with van der Waals surface area (Å²) in [5.41, 5.74) is -0.893. The van der Waals surface area contributed by atoms with Gasteiger partial charge in [-0.3, -0.25) is 18.7 Å². The van der Waals surface area contributed by atoms with Crippen LogP contribution in [0.25, 0.3) is 0 Å². The lowest BCUT2D eigenvalue weighted by molar-refractivity contribution is -0.122. The molecule has 0 spiro atoms. The van der Waals surface area contributed by atoms with Gasteiger partial charge in [-0.25, -0.2) is 14.8 Å². The highest BCUT2D eigenvalue weighted by Gasteiger charge is 2.22. The molecule has 3 heterocycles. The maximum atomic E-state index is 12.2. The fourth-order valence-corrected chi connectivity index (χ4v) is 2.84. The van der Waals surface area contributed by atoms with Crippen LogP contribution in [0, 0.1) is 0 Å². The largest absolute Gasteiger partial charge is 0.352 e. The first kappa shape index (κ1) is 16.9. The van der Waals surface area contributed by atoms with Gasteiger partial charge in [0.15, 0.2) is 0 Å². The lowest BCUT2D eigenvalue weighted by Crippen LogP contribution is -2.47. The minimum absolute atomic E-state index is 0.0516. The van der Waals surface area contributed by atoms with Crippen LogP contribution >= 0.6 is 0 Å². The maximum absolute atomic E-state index is 12.2. The second-order valence-electron chi connectivity index (χ2n) is 6.00. The van der Waals surface area contributed by atoms with Crippen LogP contribution in [0.4, 0.5) is 5.95 Å². The van der Waals surface area contributed by atoms with Crippen molar-refractivity contribution in [2.24, 2.45) is 7.05 Å². The second-order valence-corrected chi connectivity index (χ2v) is 6.00. The van der Waals surface area contributed by atoms with E-state index < -0.39 is 11.2 Å². The van der Waals surface area contributed by atoms with Crippen LogP contribution in [0.1, 0.15) is 12.8 Å². The van der Waals surface area contributed by atoms with Crippen LogP contribution in [0.15, 0.2) is 40.3 Å². The van der Waals surface area contributed by atoms with E-state index in [1.54, 1.807) is 18.5 Å². The van der Waals surface area contributed by atoms with E-state index in [1.165, 1.54) is 23.9 Å². The molecule has 1 N–H and O–H groups in total. The Morgan fingerprint density at radius 3 is 2.60 bits per heavy atom. The van der Waals surface area contributed by atoms with Crippen LogP contribution < -0.4 is 21.5 Å². The van der Waals surface area contributed by atoms with Crippen molar-refractivity contribution >= 4 is 11.9 Å². The van der Waals surface area contributed by atoms with Gasteiger partial charge in [0.1, 0.15) is 6.54 Å². The fourth-order valence-electron chi connectivity index (χ4n) is 2.84. The molecule has 1 aliphatic rings. The summed E-state index contributed by atoms with van der Waals surface area (Å²) in [5, 5.41) is 2.95. The monoisotopic (exact) mass is 344 g/mol. The number of anilines is 1. The molecule has 0 aromatic carbocycles. The lowest BCUT2D eigenvalue weighted by Gasteiger charge is -2.32. The zero-order chi connectivity index (χ0) is 17.8. The van der Waals surface area contributed by atoms with Crippen molar-refractivity contribution in [2.75, 3.05) is 18.0 Å². The molecule has 9 heteroatoms. The van der Waals surface area contributed by atoms with Gasteiger partial charge in [0.2, 0.25) is 11.9 Å². The van der Waals surface area contributed by atoms with Gasteiger partial charge in [0.05, 0.1) is 0 Å². The van der Waals surface area contributed by atoms with E-state index in [-0.39, 0.29) is 18.5 Å². The van der Waals surface area contributed by atoms with E-state index >= 15 is 0 Å². The third-order valence-corrected chi connectivity index (χ3v) is 4.27. The van der Waals surface area contributed by atoms with Crippen LogP contribution in [0.3, 0.4) is 0 Å². The number of carbonyl (C=O) groups is 1. The molecule has 0 saturated carbocycles. The fraction of sp³-hybridized carbons (Fsp3) is 0.438. The molecule has 2 aromatic heterocycles. The summed E-state index contributed by atoms with van der Waals surface area (Å²) in [4.78, 5) is 46.0. The van der Waals surface area contributed by atoms with Crippen LogP contribution in [0.2, 0.25) is 0 Å². The van der Waals surface area contributed by atoms with Gasteiger partial charge in [0, 0.05) is 50.8 Å². The van der Waals surface area contributed by atoms with Crippen molar-refractivity contribution in [1.82, 2.24) is 24.4 Å². The van der Waals surface area contributed by atoms with Crippen molar-refractivity contribution < 1.29 is 4.79 Å². The van der Waals surface area contributed by atoms with Crippen LogP contribution in [-0.2, 0) is 18.4 Å². The van der Waals surface area contributed by atoms with Crippen molar-refractivity contribution in [2.45, 2.75) is 25.4 Å². The molecule has 1 fully saturated rings. The van der Waals surface area contributed by atoms with Gasteiger partial charge >= 0.3 is 5.69 Å². The predicted molar refractivity (Wildman–Crippen MR) is 91.4 cm³/mol. The Labute approximate surface area is 143 Å². The number of rotatable bonds is 4. The first-order valence-electron chi connectivity index (χ1n) is 8.12. The first-order chi connectivity index (χ1) is 12.0. The third-order valence-electron chi connectivity index (χ3n) is 4.27. The zero-order valence-electron chi connectivity index (χ0n) is 14.0. The zero-order valence-corrected chi connectivity index (χ0v) is 14.0. The minimum Gasteiger partial charge on any atom is -0.352 e. The Hall–Kier alpha value is -2.97. The predicted octanol–water partition coefficient (Wildman–Crippen LogP) is -0.878. The molecule has 1 amide bonds. The van der Waals surface area contributed by atoms with Gasteiger partial charge in [-0.1, -0.05) is 0 Å². The van der Waals surface area contributed by atoms with Gasteiger partial charge in [-0.2, -0.15) is 0 Å². The van der Waals surface area contributed by atoms with E-state index in [2.05, 4.69) is 20.2 Å². The van der Waals surface area contributed by atoms with Crippen LogP contribution in [0.5, 0.6) is 0 Å². The quantitative estimate of drug-likeness (QED) is 0.773. The Bertz CT molecular complexity index is 852. The minimum atomic E-state index is -0.501. The Morgan fingerprint density at radius 1 is 1.24 bits per heavy atom. The highest BCUT2D eigenvalue weighted by atomic mass is 16.2. The highest BCUT2D eigenvalue weighted by Crippen LogP contribution is 2.15. The van der Waals surface area contributed by atoms with Gasteiger partial charge in [-0.15, -0.1) is 0 Å².